The molecule has 1 atom stereocenters. The van der Waals surface area contributed by atoms with Crippen LogP contribution in [0.2, 0.25) is 0 Å². The van der Waals surface area contributed by atoms with E-state index < -0.39 is 0 Å². The predicted molar refractivity (Wildman–Crippen MR) is 69.2 cm³/mol. The maximum absolute atomic E-state index is 12.8. The minimum absolute atomic E-state index is 0.130. The average Bonchev–Trinajstić information content (AvgIpc) is 2.27. The van der Waals surface area contributed by atoms with Crippen molar-refractivity contribution >= 4 is 21.7 Å². The zero-order chi connectivity index (χ0) is 12.5. The van der Waals surface area contributed by atoms with Crippen molar-refractivity contribution in [3.05, 3.63) is 24.1 Å². The topological polar surface area (TPSA) is 25.4 Å². The lowest BCUT2D eigenvalue weighted by atomic mass is 10.1. The molecule has 2 rings (SSSR count). The quantitative estimate of drug-likeness (QED) is 0.785. The van der Waals surface area contributed by atoms with Crippen LogP contribution in [0, 0.1) is 5.82 Å². The normalized spacial score (nSPS) is 23.8. The Bertz CT molecular complexity index is 383. The van der Waals surface area contributed by atoms with Crippen molar-refractivity contribution in [1.82, 2.24) is 4.98 Å². The second kappa shape index (κ2) is 4.90. The number of nitrogens with zero attached hydrogens (tertiary/aromatic N) is 2. The maximum Gasteiger partial charge on any atom is 0.141 e. The lowest BCUT2D eigenvalue weighted by Gasteiger charge is -2.42. The second-order valence-corrected chi connectivity index (χ2v) is 5.52. The van der Waals surface area contributed by atoms with E-state index in [4.69, 9.17) is 4.74 Å². The first kappa shape index (κ1) is 12.8. The van der Waals surface area contributed by atoms with Gasteiger partial charge in [0.15, 0.2) is 0 Å². The summed E-state index contributed by atoms with van der Waals surface area (Å²) in [6.07, 6.45) is 1.38. The van der Waals surface area contributed by atoms with Gasteiger partial charge in [-0.25, -0.2) is 9.37 Å². The highest BCUT2D eigenvalue weighted by atomic mass is 79.9. The third kappa shape index (κ3) is 3.16. The molecule has 0 aliphatic carbocycles. The van der Waals surface area contributed by atoms with Crippen LogP contribution >= 0.6 is 15.9 Å². The zero-order valence-electron chi connectivity index (χ0n) is 9.99. The Morgan fingerprint density at radius 1 is 1.59 bits per heavy atom. The molecule has 17 heavy (non-hydrogen) atoms. The van der Waals surface area contributed by atoms with Gasteiger partial charge < -0.3 is 9.64 Å². The number of alkyl halides is 1. The van der Waals surface area contributed by atoms with E-state index in [2.05, 4.69) is 39.7 Å². The highest BCUT2D eigenvalue weighted by Gasteiger charge is 2.33. The first-order chi connectivity index (χ1) is 8.00. The number of pyridine rings is 1. The number of ether oxygens (including phenoxy) is 1. The minimum atomic E-state index is -0.307. The number of rotatable bonds is 2. The fraction of sp³-hybridized carbons (Fsp3) is 0.583. The molecule has 0 saturated carbocycles. The van der Waals surface area contributed by atoms with Crippen LogP contribution in [-0.2, 0) is 4.74 Å². The molecule has 3 nitrogen and oxygen atoms in total. The molecule has 0 aromatic carbocycles. The van der Waals surface area contributed by atoms with E-state index in [9.17, 15) is 4.39 Å². The third-order valence-corrected chi connectivity index (χ3v) is 3.41. The molecule has 1 aromatic rings. The van der Waals surface area contributed by atoms with Gasteiger partial charge in [0, 0.05) is 18.4 Å². The lowest BCUT2D eigenvalue weighted by molar-refractivity contribution is -0.0726. The van der Waals surface area contributed by atoms with Crippen molar-refractivity contribution in [2.45, 2.75) is 25.6 Å². The van der Waals surface area contributed by atoms with Crippen molar-refractivity contribution in [3.8, 4) is 0 Å². The van der Waals surface area contributed by atoms with Gasteiger partial charge in [0.1, 0.15) is 11.6 Å². The summed E-state index contributed by atoms with van der Waals surface area (Å²) in [5.74, 6) is 0.493. The minimum Gasteiger partial charge on any atom is -0.368 e. The van der Waals surface area contributed by atoms with E-state index >= 15 is 0 Å². The van der Waals surface area contributed by atoms with Gasteiger partial charge in [-0.3, -0.25) is 0 Å². The molecule has 0 amide bonds. The highest BCUT2D eigenvalue weighted by molar-refractivity contribution is 9.09. The number of hydrogen-bond acceptors (Lipinski definition) is 3. The molecule has 0 bridgehead atoms. The summed E-state index contributed by atoms with van der Waals surface area (Å²) >= 11 is 3.44. The summed E-state index contributed by atoms with van der Waals surface area (Å²) in [5, 5.41) is 0.786. The van der Waals surface area contributed by atoms with Crippen LogP contribution in [-0.4, -0.2) is 35.1 Å². The van der Waals surface area contributed by atoms with Gasteiger partial charge in [0.05, 0.1) is 17.9 Å². The number of anilines is 1. The molecule has 0 spiro atoms. The smallest absolute Gasteiger partial charge is 0.141 e. The van der Waals surface area contributed by atoms with E-state index in [0.29, 0.717) is 0 Å². The van der Waals surface area contributed by atoms with Crippen LogP contribution in [0.3, 0.4) is 0 Å². The predicted octanol–water partition coefficient (Wildman–Crippen LogP) is 2.60. The average molecular weight is 303 g/mol. The van der Waals surface area contributed by atoms with E-state index in [1.807, 2.05) is 0 Å². The molecule has 2 heterocycles. The van der Waals surface area contributed by atoms with Crippen LogP contribution in [0.1, 0.15) is 13.8 Å². The first-order valence-electron chi connectivity index (χ1n) is 5.60. The molecule has 94 valence electrons. The van der Waals surface area contributed by atoms with Crippen LogP contribution < -0.4 is 4.90 Å². The fourth-order valence-corrected chi connectivity index (χ4v) is 2.44. The molecule has 1 fully saturated rings. The fourth-order valence-electron chi connectivity index (χ4n) is 2.11. The third-order valence-electron chi connectivity index (χ3n) is 2.69. The Morgan fingerprint density at radius 2 is 2.35 bits per heavy atom. The molecule has 5 heteroatoms. The molecule has 1 unspecified atom stereocenters. The van der Waals surface area contributed by atoms with Crippen molar-refractivity contribution in [1.29, 1.82) is 0 Å². The van der Waals surface area contributed by atoms with Crippen LogP contribution in [0.5, 0.6) is 0 Å². The Kier molecular flexibility index (Phi) is 3.68. The molecular weight excluding hydrogens is 287 g/mol. The van der Waals surface area contributed by atoms with Crippen LogP contribution in [0.25, 0.3) is 0 Å². The summed E-state index contributed by atoms with van der Waals surface area (Å²) in [4.78, 5) is 6.25. The largest absolute Gasteiger partial charge is 0.368 e. The summed E-state index contributed by atoms with van der Waals surface area (Å²) in [6, 6.07) is 3.15. The lowest BCUT2D eigenvalue weighted by Crippen LogP contribution is -2.53. The SMILES string of the molecule is CC1(C)CN(c2ccc(F)cn2)CC(CBr)O1. The van der Waals surface area contributed by atoms with E-state index in [0.717, 1.165) is 24.2 Å². The van der Waals surface area contributed by atoms with Gasteiger partial charge >= 0.3 is 0 Å². The van der Waals surface area contributed by atoms with Crippen molar-refractivity contribution in [2.24, 2.45) is 0 Å². The van der Waals surface area contributed by atoms with Gasteiger partial charge in [-0.1, -0.05) is 15.9 Å². The number of hydrogen-bond donors (Lipinski definition) is 0. The van der Waals surface area contributed by atoms with Gasteiger partial charge in [-0.05, 0) is 26.0 Å². The van der Waals surface area contributed by atoms with Crippen molar-refractivity contribution < 1.29 is 9.13 Å². The van der Waals surface area contributed by atoms with E-state index in [1.54, 1.807) is 6.07 Å². The van der Waals surface area contributed by atoms with Gasteiger partial charge in [-0.15, -0.1) is 0 Å². The summed E-state index contributed by atoms with van der Waals surface area (Å²) in [6.45, 7) is 5.64. The molecule has 1 saturated heterocycles. The molecule has 1 aliphatic rings. The Balaban J connectivity index is 2.17. The molecule has 1 aliphatic heterocycles. The number of morpholine rings is 1. The van der Waals surface area contributed by atoms with Gasteiger partial charge in [0.2, 0.25) is 0 Å². The second-order valence-electron chi connectivity index (χ2n) is 4.87. The Hall–Kier alpha value is -0.680. The van der Waals surface area contributed by atoms with Crippen LogP contribution in [0.15, 0.2) is 18.3 Å². The Morgan fingerprint density at radius 3 is 2.94 bits per heavy atom. The van der Waals surface area contributed by atoms with E-state index in [1.165, 1.54) is 12.3 Å². The number of aromatic nitrogens is 1. The maximum atomic E-state index is 12.8. The zero-order valence-corrected chi connectivity index (χ0v) is 11.6. The monoisotopic (exact) mass is 302 g/mol. The molecule has 0 radical (unpaired) electrons. The van der Waals surface area contributed by atoms with Gasteiger partial charge in [-0.2, -0.15) is 0 Å². The molecule has 0 N–H and O–H groups in total. The summed E-state index contributed by atoms with van der Waals surface area (Å²) < 4.78 is 18.7. The first-order valence-corrected chi connectivity index (χ1v) is 6.72. The highest BCUT2D eigenvalue weighted by Crippen LogP contribution is 2.25. The van der Waals surface area contributed by atoms with E-state index in [-0.39, 0.29) is 17.5 Å². The molecular formula is C12H16BrFN2O. The summed E-state index contributed by atoms with van der Waals surface area (Å²) in [5.41, 5.74) is -0.216. The Labute approximate surface area is 109 Å². The standard InChI is InChI=1S/C12H16BrFN2O/c1-12(2)8-16(7-10(5-13)17-12)11-4-3-9(14)6-15-11/h3-4,6,10H,5,7-8H2,1-2H3. The van der Waals surface area contributed by atoms with Crippen molar-refractivity contribution in [2.75, 3.05) is 23.3 Å². The summed E-state index contributed by atoms with van der Waals surface area (Å²) in [7, 11) is 0. The van der Waals surface area contributed by atoms with Crippen LogP contribution in [0.4, 0.5) is 10.2 Å². The van der Waals surface area contributed by atoms with Gasteiger partial charge in [0.25, 0.3) is 0 Å². The van der Waals surface area contributed by atoms with Crippen molar-refractivity contribution in [3.63, 3.8) is 0 Å². The number of halogens is 2. The molecule has 1 aromatic heterocycles.